The summed E-state index contributed by atoms with van der Waals surface area (Å²) in [6.45, 7) is 3.54. The highest BCUT2D eigenvalue weighted by Gasteiger charge is 2.29. The van der Waals surface area contributed by atoms with Gasteiger partial charge in [0, 0.05) is 26.1 Å². The van der Waals surface area contributed by atoms with Crippen LogP contribution in [0.25, 0.3) is 0 Å². The molecule has 0 aromatic rings. The number of nitrogens with zero attached hydrogens (tertiary/aromatic N) is 1. The number of hydrogen-bond donors (Lipinski definition) is 2. The van der Waals surface area contributed by atoms with Crippen molar-refractivity contribution in [3.05, 3.63) is 0 Å². The van der Waals surface area contributed by atoms with Crippen LogP contribution in [0.15, 0.2) is 0 Å². The van der Waals surface area contributed by atoms with Gasteiger partial charge in [-0.2, -0.15) is 0 Å². The van der Waals surface area contributed by atoms with Gasteiger partial charge >= 0.3 is 0 Å². The lowest BCUT2D eigenvalue weighted by Crippen LogP contribution is -2.47. The summed E-state index contributed by atoms with van der Waals surface area (Å²) >= 11 is 0. The fourth-order valence-corrected chi connectivity index (χ4v) is 3.17. The number of nitrogens with two attached hydrogens (primary N) is 1. The molecule has 2 atom stereocenters. The van der Waals surface area contributed by atoms with Gasteiger partial charge in [-0.15, -0.1) is 0 Å². The van der Waals surface area contributed by atoms with Gasteiger partial charge in [-0.05, 0) is 44.6 Å². The Hall–Kier alpha value is -1.10. The maximum Gasteiger partial charge on any atom is 0.226 e. The quantitative estimate of drug-likeness (QED) is 0.778. The van der Waals surface area contributed by atoms with E-state index < -0.39 is 0 Å². The molecular formula is C14H25N3O2. The summed E-state index contributed by atoms with van der Waals surface area (Å²) in [7, 11) is 0. The monoisotopic (exact) mass is 267 g/mol. The van der Waals surface area contributed by atoms with E-state index in [0.29, 0.717) is 18.2 Å². The summed E-state index contributed by atoms with van der Waals surface area (Å²) in [4.78, 5) is 25.3. The molecule has 2 aliphatic rings. The summed E-state index contributed by atoms with van der Waals surface area (Å²) in [5.74, 6) is 0.668. The molecule has 5 nitrogen and oxygen atoms in total. The van der Waals surface area contributed by atoms with Gasteiger partial charge in [-0.3, -0.25) is 9.59 Å². The summed E-state index contributed by atoms with van der Waals surface area (Å²) in [5.41, 5.74) is 5.19. The van der Waals surface area contributed by atoms with Gasteiger partial charge in [0.15, 0.2) is 0 Å². The van der Waals surface area contributed by atoms with Crippen LogP contribution in [0, 0.1) is 11.8 Å². The Morgan fingerprint density at radius 2 is 2.11 bits per heavy atom. The van der Waals surface area contributed by atoms with Gasteiger partial charge in [0.05, 0.1) is 5.92 Å². The van der Waals surface area contributed by atoms with Crippen LogP contribution in [0.1, 0.15) is 38.5 Å². The Morgan fingerprint density at radius 3 is 2.79 bits per heavy atom. The van der Waals surface area contributed by atoms with Crippen molar-refractivity contribution in [2.75, 3.05) is 26.2 Å². The highest BCUT2D eigenvalue weighted by molar-refractivity contribution is 5.79. The van der Waals surface area contributed by atoms with Gasteiger partial charge in [0.2, 0.25) is 11.8 Å². The topological polar surface area (TPSA) is 75.4 Å². The minimum atomic E-state index is -0.236. The van der Waals surface area contributed by atoms with Crippen molar-refractivity contribution >= 4 is 11.8 Å². The average molecular weight is 267 g/mol. The number of rotatable bonds is 4. The normalized spacial score (nSPS) is 28.1. The first-order valence-electron chi connectivity index (χ1n) is 7.44. The molecule has 0 spiro atoms. The zero-order valence-electron chi connectivity index (χ0n) is 11.6. The second kappa shape index (κ2) is 6.89. The fourth-order valence-electron chi connectivity index (χ4n) is 3.17. The molecule has 0 aliphatic carbocycles. The van der Waals surface area contributed by atoms with Crippen molar-refractivity contribution < 1.29 is 9.59 Å². The number of carbonyl (C=O) groups is 2. The van der Waals surface area contributed by atoms with E-state index in [1.807, 2.05) is 4.90 Å². The van der Waals surface area contributed by atoms with Crippen molar-refractivity contribution in [2.45, 2.75) is 38.5 Å². The predicted molar refractivity (Wildman–Crippen MR) is 73.3 cm³/mol. The van der Waals surface area contributed by atoms with Gasteiger partial charge in [0.1, 0.15) is 0 Å². The first-order valence-corrected chi connectivity index (χ1v) is 7.44. The second-order valence-electron chi connectivity index (χ2n) is 5.84. The van der Waals surface area contributed by atoms with E-state index in [-0.39, 0.29) is 11.8 Å². The number of primary amides is 1. The Bertz CT molecular complexity index is 327. The molecule has 108 valence electrons. The van der Waals surface area contributed by atoms with Crippen molar-refractivity contribution in [3.8, 4) is 0 Å². The molecule has 5 heteroatoms. The zero-order valence-corrected chi connectivity index (χ0v) is 11.6. The third kappa shape index (κ3) is 4.20. The maximum absolute atomic E-state index is 12.4. The lowest BCUT2D eigenvalue weighted by Gasteiger charge is -2.36. The Kier molecular flexibility index (Phi) is 5.19. The lowest BCUT2D eigenvalue weighted by molar-refractivity contribution is -0.138. The van der Waals surface area contributed by atoms with Crippen LogP contribution >= 0.6 is 0 Å². The van der Waals surface area contributed by atoms with Crippen molar-refractivity contribution in [1.82, 2.24) is 10.2 Å². The summed E-state index contributed by atoms with van der Waals surface area (Å²) < 4.78 is 0. The van der Waals surface area contributed by atoms with Crippen LogP contribution in [-0.4, -0.2) is 42.9 Å². The van der Waals surface area contributed by atoms with Crippen LogP contribution in [0.5, 0.6) is 0 Å². The Labute approximate surface area is 114 Å². The molecule has 2 saturated heterocycles. The molecule has 0 saturated carbocycles. The van der Waals surface area contributed by atoms with Crippen LogP contribution in [-0.2, 0) is 9.59 Å². The second-order valence-corrected chi connectivity index (χ2v) is 5.84. The SMILES string of the molecule is NC(=O)CCC1CCCN(C(=O)C2CCCNC2)C1. The zero-order chi connectivity index (χ0) is 13.7. The van der Waals surface area contributed by atoms with Crippen LogP contribution in [0.2, 0.25) is 0 Å². The van der Waals surface area contributed by atoms with Crippen molar-refractivity contribution in [3.63, 3.8) is 0 Å². The molecule has 0 bridgehead atoms. The van der Waals surface area contributed by atoms with Crippen LogP contribution in [0.4, 0.5) is 0 Å². The van der Waals surface area contributed by atoms with E-state index >= 15 is 0 Å². The molecule has 0 aromatic carbocycles. The maximum atomic E-state index is 12.4. The first-order chi connectivity index (χ1) is 9.16. The van der Waals surface area contributed by atoms with Crippen LogP contribution < -0.4 is 11.1 Å². The number of hydrogen-bond acceptors (Lipinski definition) is 3. The fraction of sp³-hybridized carbons (Fsp3) is 0.857. The molecule has 2 amide bonds. The van der Waals surface area contributed by atoms with E-state index in [4.69, 9.17) is 5.73 Å². The molecule has 2 fully saturated rings. The van der Waals surface area contributed by atoms with Crippen molar-refractivity contribution in [2.24, 2.45) is 17.6 Å². The van der Waals surface area contributed by atoms with E-state index in [1.54, 1.807) is 0 Å². The number of nitrogens with one attached hydrogen (secondary N) is 1. The standard InChI is InChI=1S/C14H25N3O2/c15-13(18)6-5-11-3-2-8-17(10-11)14(19)12-4-1-7-16-9-12/h11-12,16H,1-10H2,(H2,15,18). The molecule has 2 unspecified atom stereocenters. The Morgan fingerprint density at radius 1 is 1.26 bits per heavy atom. The largest absolute Gasteiger partial charge is 0.370 e. The number of amides is 2. The van der Waals surface area contributed by atoms with E-state index in [1.165, 1.54) is 0 Å². The summed E-state index contributed by atoms with van der Waals surface area (Å²) in [6.07, 6.45) is 5.53. The van der Waals surface area contributed by atoms with Crippen molar-refractivity contribution in [1.29, 1.82) is 0 Å². The summed E-state index contributed by atoms with van der Waals surface area (Å²) in [5, 5.41) is 3.30. The smallest absolute Gasteiger partial charge is 0.226 e. The molecule has 2 heterocycles. The summed E-state index contributed by atoms with van der Waals surface area (Å²) in [6, 6.07) is 0. The van der Waals surface area contributed by atoms with Gasteiger partial charge in [0.25, 0.3) is 0 Å². The van der Waals surface area contributed by atoms with Crippen LogP contribution in [0.3, 0.4) is 0 Å². The Balaban J connectivity index is 1.82. The van der Waals surface area contributed by atoms with E-state index in [2.05, 4.69) is 5.32 Å². The van der Waals surface area contributed by atoms with E-state index in [0.717, 1.165) is 58.3 Å². The van der Waals surface area contributed by atoms with Gasteiger partial charge < -0.3 is 16.0 Å². The third-order valence-electron chi connectivity index (χ3n) is 4.28. The molecule has 19 heavy (non-hydrogen) atoms. The number of carbonyl (C=O) groups excluding carboxylic acids is 2. The third-order valence-corrected chi connectivity index (χ3v) is 4.28. The molecule has 2 rings (SSSR count). The molecule has 0 aromatic heterocycles. The lowest BCUT2D eigenvalue weighted by atomic mass is 9.91. The highest BCUT2D eigenvalue weighted by Crippen LogP contribution is 2.23. The minimum absolute atomic E-state index is 0.156. The highest BCUT2D eigenvalue weighted by atomic mass is 16.2. The average Bonchev–Trinajstić information content (AvgIpc) is 2.45. The van der Waals surface area contributed by atoms with E-state index in [9.17, 15) is 9.59 Å². The molecule has 2 aliphatic heterocycles. The first kappa shape index (κ1) is 14.3. The number of likely N-dealkylation sites (tertiary alicyclic amines) is 1. The molecule has 0 radical (unpaired) electrons. The molecular weight excluding hydrogens is 242 g/mol. The van der Waals surface area contributed by atoms with Gasteiger partial charge in [-0.25, -0.2) is 0 Å². The number of piperidine rings is 2. The minimum Gasteiger partial charge on any atom is -0.370 e. The molecule has 3 N–H and O–H groups in total. The van der Waals surface area contributed by atoms with Gasteiger partial charge in [-0.1, -0.05) is 0 Å². The predicted octanol–water partition coefficient (Wildman–Crippen LogP) is 0.490.